The van der Waals surface area contributed by atoms with Crippen LogP contribution in [0.3, 0.4) is 0 Å². The van der Waals surface area contributed by atoms with E-state index in [9.17, 15) is 0 Å². The maximum absolute atomic E-state index is 5.83. The van der Waals surface area contributed by atoms with Crippen LogP contribution in [0.2, 0.25) is 0 Å². The molecule has 0 spiro atoms. The van der Waals surface area contributed by atoms with Gasteiger partial charge >= 0.3 is 0 Å². The van der Waals surface area contributed by atoms with Crippen LogP contribution in [0.5, 0.6) is 0 Å². The van der Waals surface area contributed by atoms with Gasteiger partial charge in [-0.15, -0.1) is 0 Å². The van der Waals surface area contributed by atoms with E-state index in [2.05, 4.69) is 5.38 Å². The fraction of sp³-hybridized carbons (Fsp3) is 0. The van der Waals surface area contributed by atoms with E-state index < -0.39 is 0 Å². The average Bonchev–Trinajstić information content (AvgIpc) is 2.61. The minimum absolute atomic E-state index is 0.746. The minimum Gasteiger partial charge on any atom is -0.399 e. The lowest BCUT2D eigenvalue weighted by atomic mass is 10.1. The first kappa shape index (κ1) is 8.13. The summed E-state index contributed by atoms with van der Waals surface area (Å²) < 4.78 is 0. The van der Waals surface area contributed by atoms with Gasteiger partial charge in [0.25, 0.3) is 0 Å². The fourth-order valence-electron chi connectivity index (χ4n) is 1.24. The van der Waals surface area contributed by atoms with Crippen LogP contribution in [-0.4, -0.2) is 0 Å². The van der Waals surface area contributed by atoms with Crippen molar-refractivity contribution in [1.82, 2.24) is 0 Å². The van der Waals surface area contributed by atoms with Gasteiger partial charge in [-0.05, 0) is 40.6 Å². The molecule has 3 heteroatoms. The molecule has 0 radical (unpaired) electrons. The molecule has 2 aromatic rings. The van der Waals surface area contributed by atoms with E-state index in [1.54, 1.807) is 11.3 Å². The molecular weight excluding hydrogens is 180 g/mol. The largest absolute Gasteiger partial charge is 0.399 e. The normalized spacial score (nSPS) is 10.2. The number of rotatable bonds is 1. The Morgan fingerprint density at radius 3 is 2.62 bits per heavy atom. The van der Waals surface area contributed by atoms with Gasteiger partial charge in [-0.3, -0.25) is 0 Å². The summed E-state index contributed by atoms with van der Waals surface area (Å²) in [5.74, 6) is 0. The van der Waals surface area contributed by atoms with Crippen LogP contribution < -0.4 is 11.5 Å². The zero-order valence-electron chi connectivity index (χ0n) is 7.03. The second kappa shape index (κ2) is 3.11. The summed E-state index contributed by atoms with van der Waals surface area (Å²) in [6.45, 7) is 0. The molecule has 4 N–H and O–H groups in total. The summed E-state index contributed by atoms with van der Waals surface area (Å²) >= 11 is 1.65. The summed E-state index contributed by atoms with van der Waals surface area (Å²) in [5.41, 5.74) is 15.2. The maximum Gasteiger partial charge on any atom is 0.0395 e. The highest BCUT2D eigenvalue weighted by Gasteiger charge is 2.02. The predicted octanol–water partition coefficient (Wildman–Crippen LogP) is 2.58. The van der Waals surface area contributed by atoms with E-state index in [1.165, 1.54) is 0 Å². The standard InChI is InChI=1S/C10H10N2S/c11-8-1-2-10(12)9(5-8)7-3-4-13-6-7/h1-6H,11-12H2. The van der Waals surface area contributed by atoms with E-state index in [-0.39, 0.29) is 0 Å². The second-order valence-electron chi connectivity index (χ2n) is 2.86. The van der Waals surface area contributed by atoms with Crippen LogP contribution >= 0.6 is 11.3 Å². The van der Waals surface area contributed by atoms with Crippen LogP contribution in [0.4, 0.5) is 11.4 Å². The highest BCUT2D eigenvalue weighted by atomic mass is 32.1. The lowest BCUT2D eigenvalue weighted by molar-refractivity contribution is 1.64. The van der Waals surface area contributed by atoms with Crippen molar-refractivity contribution in [2.75, 3.05) is 11.5 Å². The third-order valence-corrected chi connectivity index (χ3v) is 2.59. The van der Waals surface area contributed by atoms with Gasteiger partial charge in [0.15, 0.2) is 0 Å². The molecule has 2 rings (SSSR count). The summed E-state index contributed by atoms with van der Waals surface area (Å²) in [5, 5.41) is 4.09. The second-order valence-corrected chi connectivity index (χ2v) is 3.64. The van der Waals surface area contributed by atoms with Crippen molar-refractivity contribution in [2.24, 2.45) is 0 Å². The van der Waals surface area contributed by atoms with Crippen molar-refractivity contribution in [2.45, 2.75) is 0 Å². The average molecular weight is 190 g/mol. The van der Waals surface area contributed by atoms with Crippen molar-refractivity contribution in [1.29, 1.82) is 0 Å². The summed E-state index contributed by atoms with van der Waals surface area (Å²) in [4.78, 5) is 0. The predicted molar refractivity (Wildman–Crippen MR) is 58.6 cm³/mol. The Balaban J connectivity index is 2.57. The first-order valence-corrected chi connectivity index (χ1v) is 4.89. The van der Waals surface area contributed by atoms with Crippen LogP contribution in [0.15, 0.2) is 35.0 Å². The quantitative estimate of drug-likeness (QED) is 0.679. The summed E-state index contributed by atoms with van der Waals surface area (Å²) in [7, 11) is 0. The maximum atomic E-state index is 5.83. The van der Waals surface area contributed by atoms with Crippen LogP contribution in [0, 0.1) is 0 Å². The molecule has 0 bridgehead atoms. The molecule has 66 valence electrons. The Kier molecular flexibility index (Phi) is 1.94. The van der Waals surface area contributed by atoms with Crippen molar-refractivity contribution in [3.63, 3.8) is 0 Å². The number of anilines is 2. The van der Waals surface area contributed by atoms with Gasteiger partial charge in [0.05, 0.1) is 0 Å². The number of benzene rings is 1. The number of nitrogen functional groups attached to an aromatic ring is 2. The van der Waals surface area contributed by atoms with Crippen molar-refractivity contribution >= 4 is 22.7 Å². The number of thiophene rings is 1. The fourth-order valence-corrected chi connectivity index (χ4v) is 1.90. The molecular formula is C10H10N2S. The molecule has 1 heterocycles. The van der Waals surface area contributed by atoms with Crippen molar-refractivity contribution in [3.05, 3.63) is 35.0 Å². The number of hydrogen-bond donors (Lipinski definition) is 2. The zero-order chi connectivity index (χ0) is 9.26. The molecule has 1 aromatic heterocycles. The minimum atomic E-state index is 0.746. The molecule has 0 aliphatic heterocycles. The molecule has 0 saturated heterocycles. The molecule has 0 aliphatic carbocycles. The van der Waals surface area contributed by atoms with Gasteiger partial charge in [0, 0.05) is 16.9 Å². The van der Waals surface area contributed by atoms with E-state index >= 15 is 0 Å². The summed E-state index contributed by atoms with van der Waals surface area (Å²) in [6, 6.07) is 7.58. The third-order valence-electron chi connectivity index (χ3n) is 1.91. The highest BCUT2D eigenvalue weighted by molar-refractivity contribution is 7.08. The topological polar surface area (TPSA) is 52.0 Å². The van der Waals surface area contributed by atoms with Crippen molar-refractivity contribution < 1.29 is 0 Å². The first-order valence-electron chi connectivity index (χ1n) is 3.95. The number of hydrogen-bond acceptors (Lipinski definition) is 3. The smallest absolute Gasteiger partial charge is 0.0395 e. The molecule has 0 unspecified atom stereocenters. The molecule has 0 fully saturated rings. The van der Waals surface area contributed by atoms with Gasteiger partial charge in [-0.2, -0.15) is 11.3 Å². The Bertz CT molecular complexity index is 407. The molecule has 0 amide bonds. The molecule has 0 aliphatic rings. The van der Waals surface area contributed by atoms with Gasteiger partial charge in [-0.1, -0.05) is 0 Å². The van der Waals surface area contributed by atoms with Gasteiger partial charge in [0.2, 0.25) is 0 Å². The van der Waals surface area contributed by atoms with Gasteiger partial charge in [0.1, 0.15) is 0 Å². The highest BCUT2D eigenvalue weighted by Crippen LogP contribution is 2.29. The molecule has 0 saturated carbocycles. The summed E-state index contributed by atoms with van der Waals surface area (Å²) in [6.07, 6.45) is 0. The molecule has 1 aromatic carbocycles. The Morgan fingerprint density at radius 2 is 1.92 bits per heavy atom. The van der Waals surface area contributed by atoms with Crippen LogP contribution in [0.1, 0.15) is 0 Å². The lowest BCUT2D eigenvalue weighted by Crippen LogP contribution is -1.91. The van der Waals surface area contributed by atoms with Gasteiger partial charge < -0.3 is 11.5 Å². The van der Waals surface area contributed by atoms with Crippen LogP contribution in [0.25, 0.3) is 11.1 Å². The van der Waals surface area contributed by atoms with E-state index in [0.29, 0.717) is 0 Å². The number of nitrogens with two attached hydrogens (primary N) is 2. The SMILES string of the molecule is Nc1ccc(N)c(-c2ccsc2)c1. The lowest BCUT2D eigenvalue weighted by Gasteiger charge is -2.03. The Morgan fingerprint density at radius 1 is 1.08 bits per heavy atom. The van der Waals surface area contributed by atoms with Gasteiger partial charge in [-0.25, -0.2) is 0 Å². The van der Waals surface area contributed by atoms with E-state index in [0.717, 1.165) is 22.5 Å². The Hall–Kier alpha value is -1.48. The zero-order valence-corrected chi connectivity index (χ0v) is 7.84. The van der Waals surface area contributed by atoms with Crippen molar-refractivity contribution in [3.8, 4) is 11.1 Å². The van der Waals surface area contributed by atoms with Crippen LogP contribution in [-0.2, 0) is 0 Å². The van der Waals surface area contributed by atoms with E-state index in [4.69, 9.17) is 11.5 Å². The molecule has 0 atom stereocenters. The van der Waals surface area contributed by atoms with E-state index in [1.807, 2.05) is 29.6 Å². The molecule has 13 heavy (non-hydrogen) atoms. The first-order chi connectivity index (χ1) is 6.27. The third kappa shape index (κ3) is 1.51. The monoisotopic (exact) mass is 190 g/mol. The Labute approximate surface area is 80.8 Å². The molecule has 2 nitrogen and oxygen atoms in total.